The number of hydrogen-bond acceptors (Lipinski definition) is 5. The van der Waals surface area contributed by atoms with Crippen molar-refractivity contribution in [2.45, 2.75) is 0 Å². The molecule has 0 fully saturated rings. The quantitative estimate of drug-likeness (QED) is 0.516. The van der Waals surface area contributed by atoms with E-state index in [1.165, 1.54) is 0 Å². The number of likely N-dealkylation sites (N-methyl/N-ethyl adjacent to an activating group) is 1. The molecule has 0 bridgehead atoms. The van der Waals surface area contributed by atoms with E-state index in [9.17, 15) is 4.79 Å². The van der Waals surface area contributed by atoms with E-state index in [0.717, 1.165) is 43.9 Å². The van der Waals surface area contributed by atoms with Crippen LogP contribution >= 0.6 is 11.3 Å². The van der Waals surface area contributed by atoms with Crippen LogP contribution in [0.3, 0.4) is 0 Å². The summed E-state index contributed by atoms with van der Waals surface area (Å²) < 4.78 is 6.34. The van der Waals surface area contributed by atoms with Gasteiger partial charge in [0, 0.05) is 29.6 Å². The lowest BCUT2D eigenvalue weighted by Crippen LogP contribution is -2.31. The van der Waals surface area contributed by atoms with Gasteiger partial charge in [0.15, 0.2) is 0 Å². The van der Waals surface area contributed by atoms with Gasteiger partial charge in [0.1, 0.15) is 10.8 Å². The van der Waals surface area contributed by atoms with Gasteiger partial charge in [-0.2, -0.15) is 0 Å². The monoisotopic (exact) mass is 405 g/mol. The molecule has 0 radical (unpaired) electrons. The number of benzene rings is 3. The molecule has 5 nitrogen and oxygen atoms in total. The van der Waals surface area contributed by atoms with Crippen LogP contribution in [-0.4, -0.2) is 50.1 Å². The first-order chi connectivity index (χ1) is 14.1. The van der Waals surface area contributed by atoms with Crippen molar-refractivity contribution >= 4 is 38.2 Å². The summed E-state index contributed by atoms with van der Waals surface area (Å²) in [5.41, 5.74) is 2.55. The van der Waals surface area contributed by atoms with Crippen LogP contribution < -0.4 is 10.1 Å². The Hall–Kier alpha value is -2.96. The molecule has 0 spiro atoms. The number of aromatic nitrogens is 1. The first kappa shape index (κ1) is 19.4. The number of carbonyl (C=O) groups excluding carboxylic acids is 1. The Morgan fingerprint density at radius 1 is 1.10 bits per heavy atom. The summed E-state index contributed by atoms with van der Waals surface area (Å²) in [6, 6.07) is 17.8. The number of hydrogen-bond donors (Lipinski definition) is 1. The van der Waals surface area contributed by atoms with Crippen molar-refractivity contribution < 1.29 is 9.53 Å². The highest BCUT2D eigenvalue weighted by Crippen LogP contribution is 2.37. The second kappa shape index (κ2) is 8.19. The molecule has 0 atom stereocenters. The van der Waals surface area contributed by atoms with Gasteiger partial charge in [0.05, 0.1) is 17.3 Å². The predicted molar refractivity (Wildman–Crippen MR) is 120 cm³/mol. The maximum atomic E-state index is 12.9. The van der Waals surface area contributed by atoms with Crippen LogP contribution in [0.4, 0.5) is 0 Å². The molecule has 4 aromatic rings. The molecule has 0 unspecified atom stereocenters. The van der Waals surface area contributed by atoms with Crippen molar-refractivity contribution in [3.05, 3.63) is 60.2 Å². The van der Waals surface area contributed by atoms with Crippen molar-refractivity contribution in [2.75, 3.05) is 34.3 Å². The fraction of sp³-hybridized carbons (Fsp3) is 0.217. The molecule has 4 rings (SSSR count). The van der Waals surface area contributed by atoms with E-state index in [2.05, 4.69) is 11.4 Å². The van der Waals surface area contributed by atoms with E-state index < -0.39 is 0 Å². The summed E-state index contributed by atoms with van der Waals surface area (Å²) in [6.07, 6.45) is 0. The maximum Gasteiger partial charge on any atom is 0.252 e. The van der Waals surface area contributed by atoms with Crippen molar-refractivity contribution in [3.63, 3.8) is 0 Å². The topological polar surface area (TPSA) is 54.5 Å². The Labute approximate surface area is 173 Å². The average Bonchev–Trinajstić information content (AvgIpc) is 3.17. The molecule has 0 aliphatic carbocycles. The summed E-state index contributed by atoms with van der Waals surface area (Å²) in [4.78, 5) is 19.7. The number of amides is 1. The molecule has 148 valence electrons. The van der Waals surface area contributed by atoms with Crippen molar-refractivity contribution in [1.82, 2.24) is 15.2 Å². The third kappa shape index (κ3) is 3.95. The zero-order valence-corrected chi connectivity index (χ0v) is 17.5. The highest BCUT2D eigenvalue weighted by molar-refractivity contribution is 7.22. The first-order valence-electron chi connectivity index (χ1n) is 9.46. The number of ether oxygens (including phenoxy) is 1. The van der Waals surface area contributed by atoms with Crippen LogP contribution in [0.25, 0.3) is 31.6 Å². The molecule has 0 aliphatic rings. The molecule has 1 amide bonds. The lowest BCUT2D eigenvalue weighted by atomic mass is 10.0. The Bertz CT molecular complexity index is 1170. The van der Waals surface area contributed by atoms with Gasteiger partial charge >= 0.3 is 0 Å². The predicted octanol–water partition coefficient (Wildman–Crippen LogP) is 4.42. The number of fused-ring (bicyclic) bond motifs is 3. The molecular weight excluding hydrogens is 382 g/mol. The first-order valence-corrected chi connectivity index (χ1v) is 10.3. The van der Waals surface area contributed by atoms with Gasteiger partial charge in [-0.05, 0) is 49.8 Å². The van der Waals surface area contributed by atoms with Gasteiger partial charge in [-0.25, -0.2) is 4.98 Å². The second-order valence-corrected chi connectivity index (χ2v) is 8.12. The fourth-order valence-corrected chi connectivity index (χ4v) is 4.37. The Kier molecular flexibility index (Phi) is 5.47. The molecule has 6 heteroatoms. The smallest absolute Gasteiger partial charge is 0.252 e. The summed E-state index contributed by atoms with van der Waals surface area (Å²) in [6.45, 7) is 1.40. The van der Waals surface area contributed by atoms with Gasteiger partial charge in [-0.1, -0.05) is 24.3 Å². The second-order valence-electron chi connectivity index (χ2n) is 7.12. The van der Waals surface area contributed by atoms with Crippen LogP contribution in [0.15, 0.2) is 54.6 Å². The Morgan fingerprint density at radius 2 is 1.83 bits per heavy atom. The molecule has 3 aromatic carbocycles. The number of nitrogens with one attached hydrogen (secondary N) is 1. The summed E-state index contributed by atoms with van der Waals surface area (Å²) in [5.74, 6) is 0.751. The van der Waals surface area contributed by atoms with Gasteiger partial charge in [0.25, 0.3) is 5.91 Å². The number of rotatable bonds is 6. The minimum atomic E-state index is -0.0658. The Morgan fingerprint density at radius 3 is 2.52 bits per heavy atom. The fourth-order valence-electron chi connectivity index (χ4n) is 3.29. The van der Waals surface area contributed by atoms with Gasteiger partial charge in [0.2, 0.25) is 0 Å². The van der Waals surface area contributed by atoms with Crippen LogP contribution in [0.5, 0.6) is 5.75 Å². The third-order valence-electron chi connectivity index (χ3n) is 4.82. The number of thiazole rings is 1. The molecule has 1 heterocycles. The Balaban J connectivity index is 1.77. The molecule has 1 N–H and O–H groups in total. The SMILES string of the molecule is COc1ccc(-c2nc3cc(C(=O)NCCN(C)C)c4ccccc4c3s2)cc1. The molecule has 1 aromatic heterocycles. The maximum absolute atomic E-state index is 12.9. The molecule has 0 aliphatic heterocycles. The number of methoxy groups -OCH3 is 1. The standard InChI is InChI=1S/C23H23N3O2S/c1-26(2)13-12-24-22(27)19-14-20-21(18-7-5-4-6-17(18)19)29-23(25-20)15-8-10-16(28-3)11-9-15/h4-11,14H,12-13H2,1-3H3,(H,24,27). The van der Waals surface area contributed by atoms with Crippen LogP contribution in [-0.2, 0) is 0 Å². The van der Waals surface area contributed by atoms with Gasteiger partial charge in [-0.3, -0.25) is 4.79 Å². The van der Waals surface area contributed by atoms with Crippen molar-refractivity contribution in [1.29, 1.82) is 0 Å². The molecule has 29 heavy (non-hydrogen) atoms. The van der Waals surface area contributed by atoms with E-state index >= 15 is 0 Å². The average molecular weight is 406 g/mol. The van der Waals surface area contributed by atoms with E-state index in [1.807, 2.05) is 67.5 Å². The van der Waals surface area contributed by atoms with Gasteiger partial charge in [-0.15, -0.1) is 11.3 Å². The summed E-state index contributed by atoms with van der Waals surface area (Å²) in [5, 5.41) is 5.95. The minimum absolute atomic E-state index is 0.0658. The van der Waals surface area contributed by atoms with Crippen molar-refractivity contribution in [2.24, 2.45) is 0 Å². The minimum Gasteiger partial charge on any atom is -0.497 e. The van der Waals surface area contributed by atoms with E-state index in [4.69, 9.17) is 9.72 Å². The zero-order valence-electron chi connectivity index (χ0n) is 16.7. The number of carbonyl (C=O) groups is 1. The summed E-state index contributed by atoms with van der Waals surface area (Å²) >= 11 is 1.65. The van der Waals surface area contributed by atoms with E-state index in [1.54, 1.807) is 18.4 Å². The van der Waals surface area contributed by atoms with Crippen molar-refractivity contribution in [3.8, 4) is 16.3 Å². The highest BCUT2D eigenvalue weighted by Gasteiger charge is 2.16. The third-order valence-corrected chi connectivity index (χ3v) is 5.98. The van der Waals surface area contributed by atoms with Crippen LogP contribution in [0, 0.1) is 0 Å². The molecular formula is C23H23N3O2S. The zero-order chi connectivity index (χ0) is 20.4. The van der Waals surface area contributed by atoms with Crippen LogP contribution in [0.2, 0.25) is 0 Å². The van der Waals surface area contributed by atoms with Crippen LogP contribution in [0.1, 0.15) is 10.4 Å². The lowest BCUT2D eigenvalue weighted by Gasteiger charge is -2.12. The van der Waals surface area contributed by atoms with Gasteiger partial charge < -0.3 is 15.0 Å². The molecule has 0 saturated heterocycles. The normalized spacial score (nSPS) is 11.3. The number of nitrogens with zero attached hydrogens (tertiary/aromatic N) is 2. The molecule has 0 saturated carbocycles. The lowest BCUT2D eigenvalue weighted by molar-refractivity contribution is 0.0953. The largest absolute Gasteiger partial charge is 0.497 e. The summed E-state index contributed by atoms with van der Waals surface area (Å²) in [7, 11) is 5.64. The van der Waals surface area contributed by atoms with E-state index in [-0.39, 0.29) is 5.91 Å². The van der Waals surface area contributed by atoms with E-state index in [0.29, 0.717) is 12.1 Å². The highest BCUT2D eigenvalue weighted by atomic mass is 32.1.